The number of nitrogens with one attached hydrogen (secondary N) is 2. The third-order valence-corrected chi connectivity index (χ3v) is 5.62. The van der Waals surface area contributed by atoms with E-state index >= 15 is 0 Å². The number of aryl methyl sites for hydroxylation is 2. The van der Waals surface area contributed by atoms with Crippen molar-refractivity contribution in [1.82, 2.24) is 10.3 Å². The lowest BCUT2D eigenvalue weighted by Crippen LogP contribution is -2.38. The van der Waals surface area contributed by atoms with Gasteiger partial charge in [0, 0.05) is 18.8 Å². The van der Waals surface area contributed by atoms with Gasteiger partial charge in [-0.15, -0.1) is 0 Å². The zero-order valence-electron chi connectivity index (χ0n) is 19.5. The number of piperidine rings is 1. The number of rotatable bonds is 8. The number of benzene rings is 2. The Hall–Kier alpha value is -3.13. The van der Waals surface area contributed by atoms with E-state index in [9.17, 15) is 4.79 Å². The van der Waals surface area contributed by atoms with Crippen molar-refractivity contribution in [3.05, 3.63) is 53.1 Å². The van der Waals surface area contributed by atoms with Crippen molar-refractivity contribution < 1.29 is 14.3 Å². The molecular formula is C25H32N4O3S. The average molecular weight is 469 g/mol. The Kier molecular flexibility index (Phi) is 9.06. The second kappa shape index (κ2) is 12.2. The normalized spacial score (nSPS) is 13.6. The van der Waals surface area contributed by atoms with Crippen LogP contribution in [0.2, 0.25) is 0 Å². The maximum Gasteiger partial charge on any atom is 0.260 e. The van der Waals surface area contributed by atoms with Gasteiger partial charge in [-0.1, -0.05) is 18.2 Å². The molecule has 1 heterocycles. The number of hydrazone groups is 1. The lowest BCUT2D eigenvalue weighted by atomic mass is 10.1. The summed E-state index contributed by atoms with van der Waals surface area (Å²) in [5.74, 6) is 1.13. The van der Waals surface area contributed by atoms with Crippen LogP contribution in [0.5, 0.6) is 11.5 Å². The van der Waals surface area contributed by atoms with Crippen LogP contribution in [0.25, 0.3) is 0 Å². The molecule has 2 aromatic rings. The largest absolute Gasteiger partial charge is 0.490 e. The fraction of sp³-hybridized carbons (Fsp3) is 0.400. The molecular weight excluding hydrogens is 436 g/mol. The van der Waals surface area contributed by atoms with Gasteiger partial charge in [0.25, 0.3) is 5.91 Å². The Morgan fingerprint density at radius 1 is 1.09 bits per heavy atom. The average Bonchev–Trinajstić information content (AvgIpc) is 2.81. The molecule has 1 fully saturated rings. The number of likely N-dealkylation sites (tertiary alicyclic amines) is 1. The SMILES string of the molecule is CCOc1cc(/C=N/NC(=S)Nc2c(C)cccc2C)ccc1OCC(=O)N1CCCCC1. The first-order valence-electron chi connectivity index (χ1n) is 11.3. The van der Waals surface area contributed by atoms with E-state index in [-0.39, 0.29) is 12.5 Å². The second-order valence-corrected chi connectivity index (χ2v) is 8.37. The highest BCUT2D eigenvalue weighted by molar-refractivity contribution is 7.80. The van der Waals surface area contributed by atoms with Gasteiger partial charge < -0.3 is 19.7 Å². The number of hydrogen-bond acceptors (Lipinski definition) is 5. The maximum absolute atomic E-state index is 12.4. The van der Waals surface area contributed by atoms with E-state index in [1.54, 1.807) is 12.3 Å². The first-order valence-corrected chi connectivity index (χ1v) is 11.7. The highest BCUT2D eigenvalue weighted by atomic mass is 32.1. The van der Waals surface area contributed by atoms with Crippen LogP contribution >= 0.6 is 12.2 Å². The van der Waals surface area contributed by atoms with Crippen molar-refractivity contribution in [2.75, 3.05) is 31.6 Å². The molecule has 2 aromatic carbocycles. The molecule has 0 aliphatic carbocycles. The van der Waals surface area contributed by atoms with E-state index in [4.69, 9.17) is 21.7 Å². The molecule has 1 aliphatic rings. The van der Waals surface area contributed by atoms with E-state index in [0.717, 1.165) is 48.3 Å². The minimum Gasteiger partial charge on any atom is -0.490 e. The van der Waals surface area contributed by atoms with Crippen LogP contribution < -0.4 is 20.2 Å². The third-order valence-electron chi connectivity index (χ3n) is 5.43. The molecule has 1 aliphatic heterocycles. The number of para-hydroxylation sites is 1. The van der Waals surface area contributed by atoms with Gasteiger partial charge in [-0.2, -0.15) is 5.10 Å². The Labute approximate surface area is 201 Å². The number of thiocarbonyl (C=S) groups is 1. The van der Waals surface area contributed by atoms with Crippen molar-refractivity contribution >= 4 is 35.1 Å². The number of ether oxygens (including phenoxy) is 2. The summed E-state index contributed by atoms with van der Waals surface area (Å²) in [4.78, 5) is 14.3. The third kappa shape index (κ3) is 7.18. The van der Waals surface area contributed by atoms with Gasteiger partial charge in [0.15, 0.2) is 23.2 Å². The molecule has 176 valence electrons. The number of carbonyl (C=O) groups excluding carboxylic acids is 1. The topological polar surface area (TPSA) is 75.2 Å². The van der Waals surface area contributed by atoms with E-state index in [2.05, 4.69) is 15.8 Å². The number of hydrogen-bond donors (Lipinski definition) is 2. The molecule has 0 unspecified atom stereocenters. The summed E-state index contributed by atoms with van der Waals surface area (Å²) in [5.41, 5.74) is 6.86. The van der Waals surface area contributed by atoms with Crippen molar-refractivity contribution in [2.24, 2.45) is 5.10 Å². The van der Waals surface area contributed by atoms with Gasteiger partial charge >= 0.3 is 0 Å². The molecule has 1 amide bonds. The van der Waals surface area contributed by atoms with E-state index in [0.29, 0.717) is 23.2 Å². The van der Waals surface area contributed by atoms with Gasteiger partial charge in [0.05, 0.1) is 12.8 Å². The number of carbonyl (C=O) groups is 1. The number of amides is 1. The van der Waals surface area contributed by atoms with Gasteiger partial charge in [-0.05, 0) is 87.1 Å². The molecule has 0 atom stereocenters. The minimum atomic E-state index is 0.00727. The Bertz CT molecular complexity index is 983. The Morgan fingerprint density at radius 3 is 2.52 bits per heavy atom. The summed E-state index contributed by atoms with van der Waals surface area (Å²) in [6.45, 7) is 8.07. The molecule has 0 saturated carbocycles. The first-order chi connectivity index (χ1) is 16.0. The van der Waals surface area contributed by atoms with Gasteiger partial charge in [0.2, 0.25) is 0 Å². The summed E-state index contributed by atoms with van der Waals surface area (Å²) in [6.07, 6.45) is 4.95. The Morgan fingerprint density at radius 2 is 1.82 bits per heavy atom. The fourth-order valence-electron chi connectivity index (χ4n) is 3.69. The number of nitrogens with zero attached hydrogens (tertiary/aromatic N) is 2. The molecule has 0 spiro atoms. The molecule has 1 saturated heterocycles. The zero-order chi connectivity index (χ0) is 23.6. The van der Waals surface area contributed by atoms with Crippen LogP contribution in [0.4, 0.5) is 5.69 Å². The highest BCUT2D eigenvalue weighted by Crippen LogP contribution is 2.28. The maximum atomic E-state index is 12.4. The van der Waals surface area contributed by atoms with E-state index in [1.807, 2.05) is 56.0 Å². The fourth-order valence-corrected chi connectivity index (χ4v) is 3.84. The molecule has 2 N–H and O–H groups in total. The predicted molar refractivity (Wildman–Crippen MR) is 136 cm³/mol. The smallest absolute Gasteiger partial charge is 0.260 e. The standard InChI is InChI=1S/C25H32N4O3S/c1-4-31-22-15-20(11-12-21(22)32-17-23(30)29-13-6-5-7-14-29)16-26-28-25(33)27-24-18(2)9-8-10-19(24)3/h8-12,15-16H,4-7,13-14,17H2,1-3H3,(H2,27,28,33)/b26-16+. The summed E-state index contributed by atoms with van der Waals surface area (Å²) in [7, 11) is 0. The van der Waals surface area contributed by atoms with Crippen LogP contribution in [0.15, 0.2) is 41.5 Å². The zero-order valence-corrected chi connectivity index (χ0v) is 20.3. The minimum absolute atomic E-state index is 0.00727. The highest BCUT2D eigenvalue weighted by Gasteiger charge is 2.17. The van der Waals surface area contributed by atoms with Crippen LogP contribution in [-0.2, 0) is 4.79 Å². The summed E-state index contributed by atoms with van der Waals surface area (Å²) >= 11 is 5.35. The van der Waals surface area contributed by atoms with Gasteiger partial charge in [0.1, 0.15) is 0 Å². The molecule has 0 radical (unpaired) electrons. The molecule has 0 aromatic heterocycles. The quantitative estimate of drug-likeness (QED) is 0.340. The van der Waals surface area contributed by atoms with Crippen LogP contribution in [0.1, 0.15) is 42.9 Å². The summed E-state index contributed by atoms with van der Waals surface area (Å²) in [6, 6.07) is 11.6. The molecule has 3 rings (SSSR count). The monoisotopic (exact) mass is 468 g/mol. The van der Waals surface area contributed by atoms with E-state index < -0.39 is 0 Å². The van der Waals surface area contributed by atoms with Crippen molar-refractivity contribution in [2.45, 2.75) is 40.0 Å². The lowest BCUT2D eigenvalue weighted by molar-refractivity contribution is -0.134. The Balaban J connectivity index is 1.58. The van der Waals surface area contributed by atoms with Gasteiger partial charge in [-0.3, -0.25) is 10.2 Å². The molecule has 8 heteroatoms. The summed E-state index contributed by atoms with van der Waals surface area (Å²) < 4.78 is 11.5. The second-order valence-electron chi connectivity index (χ2n) is 7.96. The van der Waals surface area contributed by atoms with Crippen molar-refractivity contribution in [3.63, 3.8) is 0 Å². The van der Waals surface area contributed by atoms with Crippen molar-refractivity contribution in [1.29, 1.82) is 0 Å². The van der Waals surface area contributed by atoms with Crippen LogP contribution in [0, 0.1) is 13.8 Å². The predicted octanol–water partition coefficient (Wildman–Crippen LogP) is 4.41. The van der Waals surface area contributed by atoms with Crippen molar-refractivity contribution in [3.8, 4) is 11.5 Å². The molecule has 7 nitrogen and oxygen atoms in total. The summed E-state index contributed by atoms with van der Waals surface area (Å²) in [5, 5.41) is 7.82. The van der Waals surface area contributed by atoms with E-state index in [1.165, 1.54) is 6.42 Å². The molecule has 0 bridgehead atoms. The number of anilines is 1. The van der Waals surface area contributed by atoms with Crippen LogP contribution in [-0.4, -0.2) is 48.4 Å². The molecule has 33 heavy (non-hydrogen) atoms. The first kappa shape index (κ1) is 24.5. The lowest BCUT2D eigenvalue weighted by Gasteiger charge is -2.26. The van der Waals surface area contributed by atoms with Crippen LogP contribution in [0.3, 0.4) is 0 Å². The van der Waals surface area contributed by atoms with Gasteiger partial charge in [-0.25, -0.2) is 0 Å².